The van der Waals surface area contributed by atoms with Crippen LogP contribution in [0.15, 0.2) is 0 Å². The Hall–Kier alpha value is -2.86. The van der Waals surface area contributed by atoms with Crippen LogP contribution in [-0.4, -0.2) is 68.6 Å². The van der Waals surface area contributed by atoms with Crippen molar-refractivity contribution in [2.75, 3.05) is 6.61 Å². The molecule has 0 aromatic rings. The number of carbonyl (C=O) groups is 6. The molecular formula is C15H20N2O10. The van der Waals surface area contributed by atoms with E-state index in [1.54, 1.807) is 0 Å². The van der Waals surface area contributed by atoms with E-state index in [0.29, 0.717) is 10.1 Å². The zero-order valence-corrected chi connectivity index (χ0v) is 14.6. The molecule has 12 nitrogen and oxygen atoms in total. The summed E-state index contributed by atoms with van der Waals surface area (Å²) >= 11 is 0. The molecule has 0 aromatic heterocycles. The summed E-state index contributed by atoms with van der Waals surface area (Å²) in [5.41, 5.74) is 0. The van der Waals surface area contributed by atoms with Gasteiger partial charge in [0.05, 0.1) is 25.6 Å². The van der Waals surface area contributed by atoms with Crippen LogP contribution in [0.25, 0.3) is 0 Å². The summed E-state index contributed by atoms with van der Waals surface area (Å²) < 4.78 is 0. The molecule has 0 saturated carbocycles. The van der Waals surface area contributed by atoms with Gasteiger partial charge in [0.1, 0.15) is 0 Å². The molecule has 0 aliphatic carbocycles. The van der Waals surface area contributed by atoms with E-state index >= 15 is 0 Å². The number of hydrogen-bond donors (Lipinski definition) is 2. The average molecular weight is 388 g/mol. The summed E-state index contributed by atoms with van der Waals surface area (Å²) in [6.07, 6.45) is -1.63. The van der Waals surface area contributed by atoms with E-state index in [4.69, 9.17) is 10.2 Å². The fourth-order valence-corrected chi connectivity index (χ4v) is 1.81. The van der Waals surface area contributed by atoms with Gasteiger partial charge in [-0.15, -0.1) is 10.1 Å². The van der Waals surface area contributed by atoms with Crippen LogP contribution in [0.5, 0.6) is 0 Å². The molecule has 0 aromatic carbocycles. The number of hydroxylamine groups is 4. The van der Waals surface area contributed by atoms with Crippen LogP contribution < -0.4 is 0 Å². The summed E-state index contributed by atoms with van der Waals surface area (Å²) in [5.74, 6) is -4.47. The molecule has 27 heavy (non-hydrogen) atoms. The minimum absolute atomic E-state index is 0.0344. The highest BCUT2D eigenvalue weighted by Gasteiger charge is 2.34. The van der Waals surface area contributed by atoms with Gasteiger partial charge in [-0.2, -0.15) is 0 Å². The van der Waals surface area contributed by atoms with E-state index in [-0.39, 0.29) is 32.3 Å². The van der Waals surface area contributed by atoms with Crippen molar-refractivity contribution >= 4 is 35.6 Å². The van der Waals surface area contributed by atoms with Gasteiger partial charge in [0.15, 0.2) is 0 Å². The van der Waals surface area contributed by atoms with Crippen molar-refractivity contribution in [1.82, 2.24) is 10.1 Å². The highest BCUT2D eigenvalue weighted by Crippen LogP contribution is 2.14. The minimum atomic E-state index is -0.973. The van der Waals surface area contributed by atoms with Gasteiger partial charge in [-0.25, -0.2) is 9.59 Å². The number of amides is 4. The maximum Gasteiger partial charge on any atom is 0.333 e. The molecule has 0 spiro atoms. The lowest BCUT2D eigenvalue weighted by molar-refractivity contribution is -0.201. The van der Waals surface area contributed by atoms with E-state index in [0.717, 1.165) is 0 Å². The number of aliphatic hydroxyl groups is 2. The average Bonchev–Trinajstić information content (AvgIpc) is 3.10. The van der Waals surface area contributed by atoms with E-state index in [2.05, 4.69) is 9.68 Å². The number of rotatable bonds is 6. The smallest absolute Gasteiger partial charge is 0.333 e. The van der Waals surface area contributed by atoms with E-state index in [1.165, 1.54) is 6.92 Å². The fourth-order valence-electron chi connectivity index (χ4n) is 1.81. The Morgan fingerprint density at radius 3 is 1.33 bits per heavy atom. The van der Waals surface area contributed by atoms with Crippen molar-refractivity contribution in [2.24, 2.45) is 0 Å². The Morgan fingerprint density at radius 2 is 1.11 bits per heavy atom. The van der Waals surface area contributed by atoms with Gasteiger partial charge in [-0.3, -0.25) is 19.2 Å². The lowest BCUT2D eigenvalue weighted by Gasteiger charge is -2.13. The number of imide groups is 2. The van der Waals surface area contributed by atoms with Gasteiger partial charge in [-0.05, 0) is 6.92 Å². The Kier molecular flexibility index (Phi) is 8.48. The molecule has 2 rings (SSSR count). The second-order valence-electron chi connectivity index (χ2n) is 5.62. The molecule has 2 aliphatic rings. The topological polar surface area (TPSA) is 168 Å². The standard InChI is InChI=1S/C12H12N2O8.C3H8O2/c15-7-1-2-8(16)13(7)21-11(19)5-6-12(20)22-14-9(17)3-4-10(14)18;1-3(5)2-4/h1-6H2;3-5H,2H2,1H3. The SMILES string of the molecule is CC(O)CO.O=C(CCC(=O)ON1C(=O)CCC1=O)ON1C(=O)CCC1=O. The summed E-state index contributed by atoms with van der Waals surface area (Å²) in [5, 5.41) is 16.7. The Morgan fingerprint density at radius 1 is 0.852 bits per heavy atom. The highest BCUT2D eigenvalue weighted by atomic mass is 16.7. The van der Waals surface area contributed by atoms with Gasteiger partial charge in [0, 0.05) is 25.7 Å². The molecule has 1 unspecified atom stereocenters. The van der Waals surface area contributed by atoms with Gasteiger partial charge >= 0.3 is 11.9 Å². The number of nitrogens with zero attached hydrogens (tertiary/aromatic N) is 2. The zero-order chi connectivity index (χ0) is 20.6. The quantitative estimate of drug-likeness (QED) is 0.502. The van der Waals surface area contributed by atoms with Crippen LogP contribution in [-0.2, 0) is 38.4 Å². The first-order chi connectivity index (χ1) is 12.6. The summed E-state index contributed by atoms with van der Waals surface area (Å²) in [6, 6.07) is 0. The minimum Gasteiger partial charge on any atom is -0.394 e. The van der Waals surface area contributed by atoms with Crippen LogP contribution in [0.4, 0.5) is 0 Å². The van der Waals surface area contributed by atoms with Crippen molar-refractivity contribution < 1.29 is 48.7 Å². The second kappa shape index (κ2) is 10.3. The highest BCUT2D eigenvalue weighted by molar-refractivity contribution is 6.02. The maximum atomic E-state index is 11.4. The molecule has 2 fully saturated rings. The van der Waals surface area contributed by atoms with Crippen molar-refractivity contribution in [2.45, 2.75) is 51.6 Å². The molecule has 12 heteroatoms. The molecule has 0 bridgehead atoms. The van der Waals surface area contributed by atoms with Gasteiger partial charge in [0.25, 0.3) is 23.6 Å². The largest absolute Gasteiger partial charge is 0.394 e. The van der Waals surface area contributed by atoms with Crippen molar-refractivity contribution in [3.8, 4) is 0 Å². The molecule has 150 valence electrons. The number of aliphatic hydroxyl groups excluding tert-OH is 2. The zero-order valence-electron chi connectivity index (χ0n) is 14.6. The van der Waals surface area contributed by atoms with E-state index in [1.807, 2.05) is 0 Å². The van der Waals surface area contributed by atoms with Crippen LogP contribution in [0.3, 0.4) is 0 Å². The van der Waals surface area contributed by atoms with Crippen LogP contribution in [0.2, 0.25) is 0 Å². The molecule has 2 N–H and O–H groups in total. The monoisotopic (exact) mass is 388 g/mol. The van der Waals surface area contributed by atoms with E-state index in [9.17, 15) is 28.8 Å². The van der Waals surface area contributed by atoms with Gasteiger partial charge in [-0.1, -0.05) is 0 Å². The van der Waals surface area contributed by atoms with Crippen molar-refractivity contribution in [3.05, 3.63) is 0 Å². The van der Waals surface area contributed by atoms with E-state index < -0.39 is 54.5 Å². The van der Waals surface area contributed by atoms with Crippen LogP contribution in [0.1, 0.15) is 45.4 Å². The molecule has 2 saturated heterocycles. The van der Waals surface area contributed by atoms with Gasteiger partial charge < -0.3 is 19.9 Å². The summed E-state index contributed by atoms with van der Waals surface area (Å²) in [7, 11) is 0. The fraction of sp³-hybridized carbons (Fsp3) is 0.600. The molecular weight excluding hydrogens is 368 g/mol. The number of hydrogen-bond acceptors (Lipinski definition) is 10. The van der Waals surface area contributed by atoms with Crippen LogP contribution in [0, 0.1) is 0 Å². The van der Waals surface area contributed by atoms with Gasteiger partial charge in [0.2, 0.25) is 0 Å². The molecule has 1 atom stereocenters. The van der Waals surface area contributed by atoms with Crippen molar-refractivity contribution in [3.63, 3.8) is 0 Å². The Bertz CT molecular complexity index is 548. The first-order valence-corrected chi connectivity index (χ1v) is 8.07. The molecule has 0 radical (unpaired) electrons. The number of carbonyl (C=O) groups excluding carboxylic acids is 6. The Labute approximate surface area is 153 Å². The molecule has 2 aliphatic heterocycles. The third-order valence-electron chi connectivity index (χ3n) is 3.20. The Balaban J connectivity index is 0.000000646. The normalized spacial score (nSPS) is 17.6. The second-order valence-corrected chi connectivity index (χ2v) is 5.62. The predicted octanol–water partition coefficient (Wildman–Crippen LogP) is -1.66. The third-order valence-corrected chi connectivity index (χ3v) is 3.20. The van der Waals surface area contributed by atoms with Crippen LogP contribution >= 0.6 is 0 Å². The lowest BCUT2D eigenvalue weighted by atomic mass is 10.3. The predicted molar refractivity (Wildman–Crippen MR) is 82.4 cm³/mol. The van der Waals surface area contributed by atoms with Crippen molar-refractivity contribution in [1.29, 1.82) is 0 Å². The summed E-state index contributed by atoms with van der Waals surface area (Å²) in [4.78, 5) is 76.8. The maximum absolute atomic E-state index is 11.4. The molecule has 2 heterocycles. The third kappa shape index (κ3) is 7.11. The first-order valence-electron chi connectivity index (χ1n) is 8.07. The lowest BCUT2D eigenvalue weighted by Crippen LogP contribution is -2.33. The molecule has 4 amide bonds. The summed E-state index contributed by atoms with van der Waals surface area (Å²) in [6.45, 7) is 1.39. The first kappa shape index (κ1) is 22.2.